The number of rotatable bonds is 5. The number of allylic oxidation sites excluding steroid dienone is 2. The van der Waals surface area contributed by atoms with Gasteiger partial charge in [-0.3, -0.25) is 0 Å². The predicted octanol–water partition coefficient (Wildman–Crippen LogP) is 4.63. The van der Waals surface area contributed by atoms with Gasteiger partial charge >= 0.3 is 5.97 Å². The van der Waals surface area contributed by atoms with Crippen LogP contribution in [0.1, 0.15) is 39.7 Å². The van der Waals surface area contributed by atoms with E-state index >= 15 is 0 Å². The number of esters is 1. The van der Waals surface area contributed by atoms with Crippen LogP contribution < -0.4 is 0 Å². The zero-order valence-corrected chi connectivity index (χ0v) is 12.9. The molecule has 0 aromatic heterocycles. The lowest BCUT2D eigenvalue weighted by molar-refractivity contribution is -0.138. The Kier molecular flexibility index (Phi) is 5.75. The lowest BCUT2D eigenvalue weighted by Gasteiger charge is -2.16. The third kappa shape index (κ3) is 5.43. The van der Waals surface area contributed by atoms with Crippen LogP contribution in [-0.4, -0.2) is 12.6 Å². The highest BCUT2D eigenvalue weighted by Crippen LogP contribution is 2.26. The van der Waals surface area contributed by atoms with Crippen molar-refractivity contribution in [3.8, 4) is 0 Å². The summed E-state index contributed by atoms with van der Waals surface area (Å²) in [5, 5.41) is 0. The van der Waals surface area contributed by atoms with E-state index in [0.717, 1.165) is 11.1 Å². The first kappa shape index (κ1) is 16.2. The van der Waals surface area contributed by atoms with Crippen molar-refractivity contribution in [3.63, 3.8) is 0 Å². The van der Waals surface area contributed by atoms with Crippen LogP contribution in [-0.2, 0) is 9.53 Å². The minimum atomic E-state index is -0.250. The van der Waals surface area contributed by atoms with Crippen LogP contribution in [0.3, 0.4) is 0 Å². The maximum atomic E-state index is 12.1. The van der Waals surface area contributed by atoms with Gasteiger partial charge in [-0.2, -0.15) is 0 Å². The molecule has 0 radical (unpaired) electrons. The average molecular weight is 272 g/mol. The van der Waals surface area contributed by atoms with Crippen molar-refractivity contribution in [1.29, 1.82) is 0 Å². The van der Waals surface area contributed by atoms with Gasteiger partial charge in [0.25, 0.3) is 0 Å². The summed E-state index contributed by atoms with van der Waals surface area (Å²) in [6.45, 7) is 12.5. The summed E-state index contributed by atoms with van der Waals surface area (Å²) in [4.78, 5) is 12.1. The maximum absolute atomic E-state index is 12.1. The third-order valence-corrected chi connectivity index (χ3v) is 2.73. The standard InChI is InChI=1S/C18H24O2/c1-6-20-17(19)16(13-18(3,4)5)12-14(2)15-10-8-7-9-11-15/h7-11,13H,2,6,12H2,1,3-5H3/b16-13-. The van der Waals surface area contributed by atoms with Crippen LogP contribution in [0, 0.1) is 5.41 Å². The van der Waals surface area contributed by atoms with Gasteiger partial charge < -0.3 is 4.74 Å². The molecule has 1 rings (SSSR count). The van der Waals surface area contributed by atoms with E-state index < -0.39 is 0 Å². The van der Waals surface area contributed by atoms with E-state index in [1.165, 1.54) is 0 Å². The van der Waals surface area contributed by atoms with Gasteiger partial charge in [-0.25, -0.2) is 4.79 Å². The zero-order chi connectivity index (χ0) is 15.2. The summed E-state index contributed by atoms with van der Waals surface area (Å²) >= 11 is 0. The summed E-state index contributed by atoms with van der Waals surface area (Å²) in [6, 6.07) is 9.91. The molecule has 2 nitrogen and oxygen atoms in total. The Hall–Kier alpha value is -1.83. The summed E-state index contributed by atoms with van der Waals surface area (Å²) in [5.74, 6) is -0.250. The van der Waals surface area contributed by atoms with Crippen molar-refractivity contribution in [2.75, 3.05) is 6.61 Å². The minimum Gasteiger partial charge on any atom is -0.463 e. The Balaban J connectivity index is 2.93. The van der Waals surface area contributed by atoms with Crippen molar-refractivity contribution in [2.45, 2.75) is 34.1 Å². The molecule has 0 amide bonds. The second-order valence-corrected chi connectivity index (χ2v) is 5.90. The van der Waals surface area contributed by atoms with Crippen LogP contribution in [0.5, 0.6) is 0 Å². The van der Waals surface area contributed by atoms with Gasteiger partial charge in [0.05, 0.1) is 6.61 Å². The van der Waals surface area contributed by atoms with Crippen LogP contribution in [0.15, 0.2) is 48.6 Å². The van der Waals surface area contributed by atoms with Crippen molar-refractivity contribution in [1.82, 2.24) is 0 Å². The Morgan fingerprint density at radius 2 is 1.85 bits per heavy atom. The Morgan fingerprint density at radius 3 is 2.35 bits per heavy atom. The normalized spacial score (nSPS) is 12.1. The maximum Gasteiger partial charge on any atom is 0.334 e. The highest BCUT2D eigenvalue weighted by atomic mass is 16.5. The van der Waals surface area contributed by atoms with E-state index in [1.807, 2.05) is 43.3 Å². The van der Waals surface area contributed by atoms with Crippen LogP contribution >= 0.6 is 0 Å². The van der Waals surface area contributed by atoms with Crippen LogP contribution in [0.4, 0.5) is 0 Å². The molecule has 0 bridgehead atoms. The first-order chi connectivity index (χ1) is 9.33. The van der Waals surface area contributed by atoms with E-state index in [4.69, 9.17) is 4.74 Å². The van der Waals surface area contributed by atoms with Crippen LogP contribution in [0.25, 0.3) is 5.57 Å². The summed E-state index contributed by atoms with van der Waals surface area (Å²) in [5.41, 5.74) is 2.58. The van der Waals surface area contributed by atoms with E-state index in [0.29, 0.717) is 18.6 Å². The first-order valence-electron chi connectivity index (χ1n) is 6.95. The smallest absolute Gasteiger partial charge is 0.334 e. The molecule has 0 spiro atoms. The van der Waals surface area contributed by atoms with Gasteiger partial charge in [0.15, 0.2) is 0 Å². The fourth-order valence-electron chi connectivity index (χ4n) is 1.93. The zero-order valence-electron chi connectivity index (χ0n) is 12.9. The molecule has 0 saturated carbocycles. The SMILES string of the molecule is C=C(C/C(=C/C(C)(C)C)C(=O)OCC)c1ccccc1. The van der Waals surface area contributed by atoms with E-state index in [1.54, 1.807) is 0 Å². The monoisotopic (exact) mass is 272 g/mol. The first-order valence-corrected chi connectivity index (χ1v) is 6.95. The molecule has 0 N–H and O–H groups in total. The Labute approximate surface area is 122 Å². The number of benzene rings is 1. The van der Waals surface area contributed by atoms with Crippen molar-refractivity contribution in [3.05, 3.63) is 54.1 Å². The lowest BCUT2D eigenvalue weighted by Crippen LogP contribution is -2.12. The fourth-order valence-corrected chi connectivity index (χ4v) is 1.93. The van der Waals surface area contributed by atoms with Gasteiger partial charge in [0, 0.05) is 12.0 Å². The van der Waals surface area contributed by atoms with E-state index in [9.17, 15) is 4.79 Å². The van der Waals surface area contributed by atoms with Crippen molar-refractivity contribution >= 4 is 11.5 Å². The molecule has 1 aromatic carbocycles. The minimum absolute atomic E-state index is 0.0704. The number of ether oxygens (including phenoxy) is 1. The summed E-state index contributed by atoms with van der Waals surface area (Å²) < 4.78 is 5.14. The summed E-state index contributed by atoms with van der Waals surface area (Å²) in [6.07, 6.45) is 2.49. The predicted molar refractivity (Wildman–Crippen MR) is 84.3 cm³/mol. The number of carbonyl (C=O) groups is 1. The topological polar surface area (TPSA) is 26.3 Å². The van der Waals surface area contributed by atoms with Gasteiger partial charge in [-0.15, -0.1) is 0 Å². The quantitative estimate of drug-likeness (QED) is 0.577. The van der Waals surface area contributed by atoms with E-state index in [2.05, 4.69) is 27.4 Å². The lowest BCUT2D eigenvalue weighted by atomic mass is 9.90. The number of hydrogen-bond acceptors (Lipinski definition) is 2. The molecular formula is C18H24O2. The molecule has 0 heterocycles. The molecule has 0 saturated heterocycles. The number of hydrogen-bond donors (Lipinski definition) is 0. The van der Waals surface area contributed by atoms with Gasteiger partial charge in [-0.1, -0.05) is 63.8 Å². The Bertz CT molecular complexity index is 490. The third-order valence-electron chi connectivity index (χ3n) is 2.73. The van der Waals surface area contributed by atoms with E-state index in [-0.39, 0.29) is 11.4 Å². The molecule has 0 aliphatic heterocycles. The summed E-state index contributed by atoms with van der Waals surface area (Å²) in [7, 11) is 0. The molecule has 0 aliphatic carbocycles. The van der Waals surface area contributed by atoms with Crippen molar-refractivity contribution in [2.24, 2.45) is 5.41 Å². The average Bonchev–Trinajstić information content (AvgIpc) is 2.37. The molecule has 108 valence electrons. The van der Waals surface area contributed by atoms with Crippen molar-refractivity contribution < 1.29 is 9.53 Å². The highest BCUT2D eigenvalue weighted by Gasteiger charge is 2.17. The largest absolute Gasteiger partial charge is 0.463 e. The second-order valence-electron chi connectivity index (χ2n) is 5.90. The molecule has 0 fully saturated rings. The molecule has 0 unspecified atom stereocenters. The molecule has 0 atom stereocenters. The highest BCUT2D eigenvalue weighted by molar-refractivity contribution is 5.91. The molecular weight excluding hydrogens is 248 g/mol. The van der Waals surface area contributed by atoms with Gasteiger partial charge in [0.1, 0.15) is 0 Å². The van der Waals surface area contributed by atoms with Gasteiger partial charge in [0.2, 0.25) is 0 Å². The Morgan fingerprint density at radius 1 is 1.25 bits per heavy atom. The molecule has 1 aromatic rings. The fraction of sp³-hybridized carbons (Fsp3) is 0.389. The van der Waals surface area contributed by atoms with Crippen LogP contribution in [0.2, 0.25) is 0 Å². The molecule has 2 heteroatoms. The van der Waals surface area contributed by atoms with Gasteiger partial charge in [-0.05, 0) is 23.5 Å². The number of carbonyl (C=O) groups excluding carboxylic acids is 1. The molecule has 0 aliphatic rings. The second kappa shape index (κ2) is 7.09. The molecule has 20 heavy (non-hydrogen) atoms.